The van der Waals surface area contributed by atoms with Gasteiger partial charge in [-0.1, -0.05) is 12.1 Å². The summed E-state index contributed by atoms with van der Waals surface area (Å²) in [4.78, 5) is 12.6. The number of carbonyl (C=O) groups excluding carboxylic acids is 1. The molecular weight excluding hydrogens is 329 g/mol. The van der Waals surface area contributed by atoms with Crippen molar-refractivity contribution in [3.05, 3.63) is 51.7 Å². The Balaban J connectivity index is 1.98. The second-order valence-electron chi connectivity index (χ2n) is 4.64. The summed E-state index contributed by atoms with van der Waals surface area (Å²) in [7, 11) is 1.30. The highest BCUT2D eigenvalue weighted by Crippen LogP contribution is 2.34. The third-order valence-corrected chi connectivity index (χ3v) is 3.94. The van der Waals surface area contributed by atoms with Crippen LogP contribution in [-0.2, 0) is 19.3 Å². The van der Waals surface area contributed by atoms with E-state index >= 15 is 0 Å². The number of halogens is 3. The molecule has 0 aliphatic heterocycles. The quantitative estimate of drug-likeness (QED) is 0.867. The number of rotatable bonds is 5. The Hall–Kier alpha value is -2.22. The van der Waals surface area contributed by atoms with E-state index in [1.807, 2.05) is 17.5 Å². The highest BCUT2D eigenvalue weighted by atomic mass is 32.1. The van der Waals surface area contributed by atoms with Crippen molar-refractivity contribution < 1.29 is 22.7 Å². The Kier molecular flexibility index (Phi) is 5.49. The van der Waals surface area contributed by atoms with Crippen molar-refractivity contribution >= 4 is 17.4 Å². The largest absolute Gasteiger partial charge is 0.497 e. The molecule has 2 amide bonds. The summed E-state index contributed by atoms with van der Waals surface area (Å²) in [6.07, 6.45) is -4.51. The van der Waals surface area contributed by atoms with E-state index in [1.165, 1.54) is 30.6 Å². The summed E-state index contributed by atoms with van der Waals surface area (Å²) in [6, 6.07) is 6.82. The lowest BCUT2D eigenvalue weighted by Gasteiger charge is -2.15. The van der Waals surface area contributed by atoms with Gasteiger partial charge in [-0.3, -0.25) is 0 Å². The summed E-state index contributed by atoms with van der Waals surface area (Å²) < 4.78 is 43.9. The maximum Gasteiger partial charge on any atom is 0.416 e. The molecule has 8 heteroatoms. The lowest BCUT2D eigenvalue weighted by atomic mass is 10.1. The lowest BCUT2D eigenvalue weighted by molar-refractivity contribution is -0.138. The summed E-state index contributed by atoms with van der Waals surface area (Å²) in [6.45, 7) is 0.105. The van der Waals surface area contributed by atoms with Crippen LogP contribution in [-0.4, -0.2) is 13.1 Å². The number of ether oxygens (including phenoxy) is 1. The van der Waals surface area contributed by atoms with Crippen LogP contribution in [0.4, 0.5) is 18.0 Å². The smallest absolute Gasteiger partial charge is 0.416 e. The molecular formula is C15H15F3N2O2S. The first-order valence-electron chi connectivity index (χ1n) is 6.68. The van der Waals surface area contributed by atoms with Crippen LogP contribution in [0.1, 0.15) is 16.0 Å². The number of nitrogens with one attached hydrogen (secondary N) is 2. The summed E-state index contributed by atoms with van der Waals surface area (Å²) in [5, 5.41) is 6.89. The fraction of sp³-hybridized carbons (Fsp3) is 0.267. The monoisotopic (exact) mass is 344 g/mol. The van der Waals surface area contributed by atoms with Crippen molar-refractivity contribution in [2.75, 3.05) is 7.11 Å². The number of benzene rings is 1. The van der Waals surface area contributed by atoms with Crippen LogP contribution in [0, 0.1) is 0 Å². The molecule has 0 saturated heterocycles. The molecule has 1 aromatic carbocycles. The normalized spacial score (nSPS) is 11.1. The second-order valence-corrected chi connectivity index (χ2v) is 5.67. The number of urea groups is 1. The number of hydrogen-bond donors (Lipinski definition) is 2. The maximum absolute atomic E-state index is 13.0. The Morgan fingerprint density at radius 1 is 1.22 bits per heavy atom. The molecule has 0 saturated carbocycles. The summed E-state index contributed by atoms with van der Waals surface area (Å²) in [5.74, 6) is 0.114. The zero-order chi connectivity index (χ0) is 16.9. The number of alkyl halides is 3. The molecule has 0 radical (unpaired) electrons. The van der Waals surface area contributed by atoms with Crippen LogP contribution >= 0.6 is 11.3 Å². The number of hydrogen-bond acceptors (Lipinski definition) is 3. The van der Waals surface area contributed by atoms with Crippen LogP contribution in [0.5, 0.6) is 5.75 Å². The van der Waals surface area contributed by atoms with Gasteiger partial charge in [0, 0.05) is 11.4 Å². The molecule has 2 rings (SSSR count). The molecule has 1 aromatic heterocycles. The molecule has 23 heavy (non-hydrogen) atoms. The van der Waals surface area contributed by atoms with Gasteiger partial charge in [0.25, 0.3) is 0 Å². The molecule has 0 aliphatic carbocycles. The molecule has 2 aromatic rings. The highest BCUT2D eigenvalue weighted by Gasteiger charge is 2.33. The van der Waals surface area contributed by atoms with Crippen LogP contribution in [0.2, 0.25) is 0 Å². The molecule has 0 aliphatic rings. The number of carbonyl (C=O) groups is 1. The van der Waals surface area contributed by atoms with Gasteiger partial charge in [0.05, 0.1) is 19.2 Å². The summed E-state index contributed by atoms with van der Waals surface area (Å²) >= 11 is 1.48. The van der Waals surface area contributed by atoms with E-state index in [0.717, 1.165) is 10.9 Å². The van der Waals surface area contributed by atoms with Gasteiger partial charge in [-0.2, -0.15) is 13.2 Å². The van der Waals surface area contributed by atoms with Crippen LogP contribution < -0.4 is 15.4 Å². The topological polar surface area (TPSA) is 50.4 Å². The molecule has 0 unspecified atom stereocenters. The molecule has 124 valence electrons. The molecule has 0 fully saturated rings. The minimum absolute atomic E-state index is 0.0235. The number of methoxy groups -OCH3 is 1. The average molecular weight is 344 g/mol. The van der Waals surface area contributed by atoms with Crippen molar-refractivity contribution in [2.45, 2.75) is 19.3 Å². The molecule has 1 heterocycles. The number of amides is 2. The minimum atomic E-state index is -4.51. The van der Waals surface area contributed by atoms with Gasteiger partial charge in [-0.15, -0.1) is 11.3 Å². The van der Waals surface area contributed by atoms with E-state index < -0.39 is 17.8 Å². The fourth-order valence-corrected chi connectivity index (χ4v) is 2.56. The predicted molar refractivity (Wildman–Crippen MR) is 81.4 cm³/mol. The van der Waals surface area contributed by atoms with E-state index in [1.54, 1.807) is 0 Å². The summed E-state index contributed by atoms with van der Waals surface area (Å²) in [5.41, 5.74) is -0.847. The average Bonchev–Trinajstić information content (AvgIpc) is 3.03. The third kappa shape index (κ3) is 4.88. The van der Waals surface area contributed by atoms with Gasteiger partial charge in [-0.25, -0.2) is 4.79 Å². The SMILES string of the molecule is COc1ccc(CNC(=O)NCc2cccs2)c(C(F)(F)F)c1. The van der Waals surface area contributed by atoms with E-state index in [-0.39, 0.29) is 17.9 Å². The Morgan fingerprint density at radius 2 is 1.96 bits per heavy atom. The van der Waals surface area contributed by atoms with Gasteiger partial charge in [0.2, 0.25) is 0 Å². The molecule has 2 N–H and O–H groups in total. The van der Waals surface area contributed by atoms with Gasteiger partial charge in [-0.05, 0) is 29.1 Å². The van der Waals surface area contributed by atoms with Crippen molar-refractivity contribution in [3.8, 4) is 5.75 Å². The zero-order valence-corrected chi connectivity index (χ0v) is 13.1. The lowest BCUT2D eigenvalue weighted by Crippen LogP contribution is -2.34. The minimum Gasteiger partial charge on any atom is -0.497 e. The zero-order valence-electron chi connectivity index (χ0n) is 12.2. The highest BCUT2D eigenvalue weighted by molar-refractivity contribution is 7.09. The Morgan fingerprint density at radius 3 is 2.57 bits per heavy atom. The predicted octanol–water partition coefficient (Wildman–Crippen LogP) is 3.77. The van der Waals surface area contributed by atoms with Gasteiger partial charge in [0.1, 0.15) is 5.75 Å². The standard InChI is InChI=1S/C15H15F3N2O2S/c1-22-11-5-4-10(13(7-11)15(16,17)18)8-19-14(21)20-9-12-3-2-6-23-12/h2-7H,8-9H2,1H3,(H2,19,20,21). The van der Waals surface area contributed by atoms with Crippen molar-refractivity contribution in [3.63, 3.8) is 0 Å². The van der Waals surface area contributed by atoms with Crippen molar-refractivity contribution in [2.24, 2.45) is 0 Å². The first-order valence-corrected chi connectivity index (χ1v) is 7.56. The fourth-order valence-electron chi connectivity index (χ4n) is 1.92. The first kappa shape index (κ1) is 17.1. The van der Waals surface area contributed by atoms with Gasteiger partial charge < -0.3 is 15.4 Å². The maximum atomic E-state index is 13.0. The van der Waals surface area contributed by atoms with E-state index in [4.69, 9.17) is 4.74 Å². The third-order valence-electron chi connectivity index (χ3n) is 3.07. The molecule has 0 atom stereocenters. The molecule has 4 nitrogen and oxygen atoms in total. The molecule has 0 spiro atoms. The van der Waals surface area contributed by atoms with Crippen LogP contribution in [0.25, 0.3) is 0 Å². The molecule has 0 bridgehead atoms. The number of thiophene rings is 1. The Labute approximate surface area is 135 Å². The van der Waals surface area contributed by atoms with Crippen molar-refractivity contribution in [1.82, 2.24) is 10.6 Å². The van der Waals surface area contributed by atoms with Crippen LogP contribution in [0.15, 0.2) is 35.7 Å². The van der Waals surface area contributed by atoms with E-state index in [9.17, 15) is 18.0 Å². The van der Waals surface area contributed by atoms with E-state index in [0.29, 0.717) is 6.54 Å². The van der Waals surface area contributed by atoms with Gasteiger partial charge >= 0.3 is 12.2 Å². The second kappa shape index (κ2) is 7.36. The van der Waals surface area contributed by atoms with E-state index in [2.05, 4.69) is 10.6 Å². The first-order chi connectivity index (χ1) is 10.9. The van der Waals surface area contributed by atoms with Crippen LogP contribution in [0.3, 0.4) is 0 Å². The van der Waals surface area contributed by atoms with Gasteiger partial charge in [0.15, 0.2) is 0 Å². The Bertz CT molecular complexity index is 657. The van der Waals surface area contributed by atoms with Crippen molar-refractivity contribution in [1.29, 1.82) is 0 Å².